The Bertz CT molecular complexity index is 3540. The van der Waals surface area contributed by atoms with E-state index in [9.17, 15) is 0 Å². The maximum Gasteiger partial charge on any atom is 0.0581 e. The van der Waals surface area contributed by atoms with Gasteiger partial charge in [-0.3, -0.25) is 0 Å². The molecule has 0 bridgehead atoms. The number of nitrogens with zero attached hydrogens (tertiary/aromatic N) is 4. The van der Waals surface area contributed by atoms with E-state index in [0.29, 0.717) is 0 Å². The summed E-state index contributed by atoms with van der Waals surface area (Å²) in [5.41, 5.74) is 11.6. The third kappa shape index (κ3) is 4.53. The Balaban J connectivity index is 1.09. The SMILES string of the molecule is c1ccc(-n2c3ccccc3c3ccc(-c4ccc(-c5cc(-n6c7ccccc7c7cc8ccccc8cc76)c6ccccc6c5)c5cnncc45)cc32)cc1. The number of fused-ring (bicyclic) bond motifs is 9. The molecule has 0 spiro atoms. The lowest BCUT2D eigenvalue weighted by Crippen LogP contribution is -1.97. The van der Waals surface area contributed by atoms with Gasteiger partial charge < -0.3 is 9.13 Å². The minimum atomic E-state index is 1.07. The van der Waals surface area contributed by atoms with Crippen LogP contribution in [-0.2, 0) is 0 Å². The Kier molecular flexibility index (Phi) is 6.60. The van der Waals surface area contributed by atoms with Gasteiger partial charge in [0, 0.05) is 43.4 Å². The molecule has 0 N–H and O–H groups in total. The summed E-state index contributed by atoms with van der Waals surface area (Å²) in [6, 6.07) is 66.2. The van der Waals surface area contributed by atoms with Gasteiger partial charge in [0.2, 0.25) is 0 Å². The van der Waals surface area contributed by atoms with Crippen LogP contribution in [-0.4, -0.2) is 19.3 Å². The summed E-state index contributed by atoms with van der Waals surface area (Å²) in [4.78, 5) is 0. The molecule has 12 aromatic rings. The predicted molar refractivity (Wildman–Crippen MR) is 234 cm³/mol. The highest BCUT2D eigenvalue weighted by atomic mass is 15.1. The van der Waals surface area contributed by atoms with Crippen LogP contribution >= 0.6 is 0 Å². The first-order chi connectivity index (χ1) is 27.8. The van der Waals surface area contributed by atoms with Crippen molar-refractivity contribution in [2.24, 2.45) is 0 Å². The highest BCUT2D eigenvalue weighted by Gasteiger charge is 2.19. The molecular weight excluding hydrogens is 681 g/mol. The van der Waals surface area contributed by atoms with E-state index in [1.807, 2.05) is 12.4 Å². The topological polar surface area (TPSA) is 35.6 Å². The lowest BCUT2D eigenvalue weighted by molar-refractivity contribution is 1.05. The molecule has 0 saturated heterocycles. The molecule has 9 aromatic carbocycles. The molecule has 0 aliphatic rings. The number of para-hydroxylation sites is 3. The molecule has 3 aromatic heterocycles. The van der Waals surface area contributed by atoms with Gasteiger partial charge in [-0.2, -0.15) is 10.2 Å². The van der Waals surface area contributed by atoms with Crippen LogP contribution in [0, 0.1) is 0 Å². The molecule has 0 atom stereocenters. The fourth-order valence-electron chi connectivity index (χ4n) is 9.14. The molecule has 4 nitrogen and oxygen atoms in total. The number of hydrogen-bond donors (Lipinski definition) is 0. The monoisotopic (exact) mass is 712 g/mol. The van der Waals surface area contributed by atoms with Crippen LogP contribution in [0.2, 0.25) is 0 Å². The summed E-state index contributed by atoms with van der Waals surface area (Å²) in [7, 11) is 0. The van der Waals surface area contributed by atoms with Crippen molar-refractivity contribution in [2.45, 2.75) is 0 Å². The average Bonchev–Trinajstić information content (AvgIpc) is 3.77. The Labute approximate surface area is 322 Å². The second-order valence-electron chi connectivity index (χ2n) is 14.7. The molecule has 56 heavy (non-hydrogen) atoms. The molecule has 4 heteroatoms. The summed E-state index contributed by atoms with van der Waals surface area (Å²) in [5.74, 6) is 0. The summed E-state index contributed by atoms with van der Waals surface area (Å²) >= 11 is 0. The van der Waals surface area contributed by atoms with Crippen molar-refractivity contribution < 1.29 is 0 Å². The van der Waals surface area contributed by atoms with Crippen LogP contribution in [0.25, 0.3) is 110 Å². The number of aromatic nitrogens is 4. The van der Waals surface area contributed by atoms with E-state index in [1.54, 1.807) is 0 Å². The van der Waals surface area contributed by atoms with Crippen LogP contribution in [0.15, 0.2) is 194 Å². The largest absolute Gasteiger partial charge is 0.309 e. The van der Waals surface area contributed by atoms with E-state index in [2.05, 4.69) is 201 Å². The molecule has 12 rings (SSSR count). The molecule has 0 radical (unpaired) electrons. The summed E-state index contributed by atoms with van der Waals surface area (Å²) in [6.45, 7) is 0. The predicted octanol–water partition coefficient (Wildman–Crippen LogP) is 13.5. The second kappa shape index (κ2) is 12.0. The summed E-state index contributed by atoms with van der Waals surface area (Å²) in [6.07, 6.45) is 3.85. The van der Waals surface area contributed by atoms with Crippen LogP contribution in [0.1, 0.15) is 0 Å². The van der Waals surface area contributed by atoms with Gasteiger partial charge in [0.25, 0.3) is 0 Å². The third-order valence-corrected chi connectivity index (χ3v) is 11.7. The van der Waals surface area contributed by atoms with Crippen molar-refractivity contribution in [1.82, 2.24) is 19.3 Å². The zero-order chi connectivity index (χ0) is 36.7. The number of rotatable bonds is 4. The van der Waals surface area contributed by atoms with Crippen molar-refractivity contribution in [2.75, 3.05) is 0 Å². The third-order valence-electron chi connectivity index (χ3n) is 11.7. The minimum absolute atomic E-state index is 1.07. The highest BCUT2D eigenvalue weighted by molar-refractivity contribution is 6.16. The Morgan fingerprint density at radius 3 is 1.61 bits per heavy atom. The molecule has 0 saturated carbocycles. The molecule has 0 fully saturated rings. The van der Waals surface area contributed by atoms with Gasteiger partial charge in [-0.1, -0.05) is 127 Å². The first-order valence-corrected chi connectivity index (χ1v) is 19.1. The number of hydrogen-bond acceptors (Lipinski definition) is 2. The summed E-state index contributed by atoms with van der Waals surface area (Å²) in [5, 5.41) is 20.9. The maximum absolute atomic E-state index is 4.45. The van der Waals surface area contributed by atoms with E-state index in [4.69, 9.17) is 0 Å². The lowest BCUT2D eigenvalue weighted by Gasteiger charge is -2.16. The van der Waals surface area contributed by atoms with Crippen molar-refractivity contribution in [3.8, 4) is 33.6 Å². The average molecular weight is 713 g/mol. The van der Waals surface area contributed by atoms with E-state index in [-0.39, 0.29) is 0 Å². The van der Waals surface area contributed by atoms with Crippen LogP contribution in [0.4, 0.5) is 0 Å². The van der Waals surface area contributed by atoms with Crippen molar-refractivity contribution in [1.29, 1.82) is 0 Å². The Hall–Kier alpha value is -7.56. The molecular formula is C52H32N4. The van der Waals surface area contributed by atoms with Crippen LogP contribution in [0.3, 0.4) is 0 Å². The first kappa shape index (κ1) is 30.9. The Morgan fingerprint density at radius 1 is 0.304 bits per heavy atom. The standard InChI is InChI=1S/C52H32N4/c1-2-15-38(16-3-1)55-48-20-10-8-18-42(48)44-23-22-36(29-51(44)55)39-24-25-40(47-32-54-53-31-46(39)47)37-26-35-14-6-7-17-41(35)50(30-37)56-49-21-11-9-19-43(49)45-27-33-12-4-5-13-34(33)28-52(45)56/h1-32H. The van der Waals surface area contributed by atoms with Gasteiger partial charge in [0.15, 0.2) is 0 Å². The lowest BCUT2D eigenvalue weighted by atomic mass is 9.92. The van der Waals surface area contributed by atoms with Gasteiger partial charge >= 0.3 is 0 Å². The van der Waals surface area contributed by atoms with E-state index in [0.717, 1.165) is 44.4 Å². The zero-order valence-corrected chi connectivity index (χ0v) is 30.3. The van der Waals surface area contributed by atoms with Gasteiger partial charge in [-0.25, -0.2) is 0 Å². The van der Waals surface area contributed by atoms with Crippen molar-refractivity contribution in [3.05, 3.63) is 194 Å². The molecule has 0 unspecified atom stereocenters. The first-order valence-electron chi connectivity index (χ1n) is 19.1. The minimum Gasteiger partial charge on any atom is -0.309 e. The molecule has 0 aliphatic carbocycles. The summed E-state index contributed by atoms with van der Waals surface area (Å²) < 4.78 is 4.83. The number of benzene rings is 9. The smallest absolute Gasteiger partial charge is 0.0581 e. The normalized spacial score (nSPS) is 11.9. The zero-order valence-electron chi connectivity index (χ0n) is 30.3. The second-order valence-corrected chi connectivity index (χ2v) is 14.7. The van der Waals surface area contributed by atoms with E-state index < -0.39 is 0 Å². The van der Waals surface area contributed by atoms with Gasteiger partial charge in [-0.05, 0) is 93.0 Å². The van der Waals surface area contributed by atoms with Gasteiger partial charge in [-0.15, -0.1) is 0 Å². The quantitative estimate of drug-likeness (QED) is 0.182. The molecule has 0 aliphatic heterocycles. The van der Waals surface area contributed by atoms with Crippen molar-refractivity contribution >= 4 is 75.9 Å². The molecule has 0 amide bonds. The highest BCUT2D eigenvalue weighted by Crippen LogP contribution is 2.42. The molecule has 260 valence electrons. The van der Waals surface area contributed by atoms with Crippen LogP contribution in [0.5, 0.6) is 0 Å². The van der Waals surface area contributed by atoms with E-state index in [1.165, 1.54) is 65.2 Å². The van der Waals surface area contributed by atoms with Crippen LogP contribution < -0.4 is 0 Å². The van der Waals surface area contributed by atoms with Crippen molar-refractivity contribution in [3.63, 3.8) is 0 Å². The van der Waals surface area contributed by atoms with Gasteiger partial charge in [0.1, 0.15) is 0 Å². The van der Waals surface area contributed by atoms with Gasteiger partial charge in [0.05, 0.1) is 40.1 Å². The Morgan fingerprint density at radius 2 is 0.857 bits per heavy atom. The fraction of sp³-hybridized carbons (Fsp3) is 0. The molecule has 3 heterocycles. The van der Waals surface area contributed by atoms with E-state index >= 15 is 0 Å². The maximum atomic E-state index is 4.45. The fourth-order valence-corrected chi connectivity index (χ4v) is 9.14.